The first kappa shape index (κ1) is 15.3. The summed E-state index contributed by atoms with van der Waals surface area (Å²) in [6, 6.07) is 7.72. The van der Waals surface area contributed by atoms with Crippen LogP contribution in [0.4, 0.5) is 4.79 Å². The van der Waals surface area contributed by atoms with Gasteiger partial charge in [0.15, 0.2) is 0 Å². The van der Waals surface area contributed by atoms with Gasteiger partial charge >= 0.3 is 0 Å². The van der Waals surface area contributed by atoms with Crippen LogP contribution in [0.3, 0.4) is 0 Å². The van der Waals surface area contributed by atoms with Crippen molar-refractivity contribution >= 4 is 39.7 Å². The summed E-state index contributed by atoms with van der Waals surface area (Å²) >= 11 is 1.05. The fraction of sp³-hybridized carbons (Fsp3) is 0.353. The molecule has 0 aliphatic carbocycles. The molecule has 0 saturated carbocycles. The highest BCUT2D eigenvalue weighted by Gasteiger charge is 2.40. The molecule has 0 spiro atoms. The molecule has 2 aliphatic heterocycles. The Kier molecular flexibility index (Phi) is 3.80. The van der Waals surface area contributed by atoms with Crippen LogP contribution < -0.4 is 0 Å². The molecule has 4 rings (SSSR count). The van der Waals surface area contributed by atoms with Crippen LogP contribution in [-0.2, 0) is 16.0 Å². The van der Waals surface area contributed by atoms with Gasteiger partial charge in [-0.15, -0.1) is 0 Å². The van der Waals surface area contributed by atoms with E-state index >= 15 is 0 Å². The smallest absolute Gasteiger partial charge is 0.289 e. The first-order chi connectivity index (χ1) is 11.6. The van der Waals surface area contributed by atoms with Crippen molar-refractivity contribution in [2.45, 2.75) is 18.9 Å². The number of hydrogen-bond donors (Lipinski definition) is 1. The molecule has 24 heavy (non-hydrogen) atoms. The lowest BCUT2D eigenvalue weighted by Crippen LogP contribution is -2.41. The summed E-state index contributed by atoms with van der Waals surface area (Å²) in [5.41, 5.74) is 1.99. The number of likely N-dealkylation sites (tertiary alicyclic amines) is 1. The van der Waals surface area contributed by atoms with Gasteiger partial charge in [-0.2, -0.15) is 0 Å². The van der Waals surface area contributed by atoms with E-state index in [-0.39, 0.29) is 28.8 Å². The zero-order valence-corrected chi connectivity index (χ0v) is 13.8. The Bertz CT molecular complexity index is 815. The van der Waals surface area contributed by atoms with Crippen LogP contribution in [0.2, 0.25) is 0 Å². The van der Waals surface area contributed by atoms with Crippen molar-refractivity contribution in [2.75, 3.05) is 18.8 Å². The lowest BCUT2D eigenvalue weighted by Gasteiger charge is -2.21. The average molecular weight is 343 g/mol. The summed E-state index contributed by atoms with van der Waals surface area (Å²) in [7, 11) is 0. The largest absolute Gasteiger partial charge is 0.361 e. The molecule has 1 aromatic heterocycles. The van der Waals surface area contributed by atoms with Gasteiger partial charge in [-0.1, -0.05) is 30.0 Å². The maximum absolute atomic E-state index is 12.6. The van der Waals surface area contributed by atoms with E-state index in [0.717, 1.165) is 28.2 Å². The van der Waals surface area contributed by atoms with Crippen LogP contribution in [0.25, 0.3) is 10.9 Å². The molecule has 1 N–H and O–H groups in total. The number of thioether (sulfide) groups is 1. The van der Waals surface area contributed by atoms with E-state index in [1.165, 1.54) is 4.90 Å². The van der Waals surface area contributed by atoms with Crippen LogP contribution >= 0.6 is 11.8 Å². The molecule has 1 atom stereocenters. The zero-order chi connectivity index (χ0) is 16.7. The number of amides is 3. The number of nitrogens with zero attached hydrogens (tertiary/aromatic N) is 2. The molecule has 0 radical (unpaired) electrons. The van der Waals surface area contributed by atoms with Crippen LogP contribution in [0.5, 0.6) is 0 Å². The second-order valence-corrected chi connectivity index (χ2v) is 7.06. The third kappa shape index (κ3) is 2.58. The van der Waals surface area contributed by atoms with E-state index in [0.29, 0.717) is 25.9 Å². The highest BCUT2D eigenvalue weighted by Crippen LogP contribution is 2.27. The second kappa shape index (κ2) is 5.98. The van der Waals surface area contributed by atoms with E-state index in [2.05, 4.69) is 4.98 Å². The standard InChI is InChI=1S/C17H17N3O3S/c21-15(7-11-8-18-14-4-2-1-3-13(11)14)19-6-5-12(9-19)20-16(22)10-24-17(20)23/h1-4,8,12,18H,5-7,9-10H2/t12-/m0/s1. The van der Waals surface area contributed by atoms with Crippen molar-refractivity contribution in [3.63, 3.8) is 0 Å². The van der Waals surface area contributed by atoms with Crippen molar-refractivity contribution < 1.29 is 14.4 Å². The Morgan fingerprint density at radius 2 is 2.12 bits per heavy atom. The molecule has 2 fully saturated rings. The number of fused-ring (bicyclic) bond motifs is 1. The molecule has 3 amide bonds. The number of para-hydroxylation sites is 1. The Morgan fingerprint density at radius 1 is 1.29 bits per heavy atom. The fourth-order valence-electron chi connectivity index (χ4n) is 3.45. The summed E-state index contributed by atoms with van der Waals surface area (Å²) in [5, 5.41) is 0.874. The SMILES string of the molecule is O=C(Cc1c[nH]c2ccccc12)N1CC[C@H](N2C(=O)CSC2=O)C1. The predicted octanol–water partition coefficient (Wildman–Crippen LogP) is 2.01. The third-order valence-electron chi connectivity index (χ3n) is 4.68. The van der Waals surface area contributed by atoms with Gasteiger partial charge in [-0.25, -0.2) is 0 Å². The summed E-state index contributed by atoms with van der Waals surface area (Å²) in [4.78, 5) is 42.5. The van der Waals surface area contributed by atoms with E-state index in [4.69, 9.17) is 0 Å². The summed E-state index contributed by atoms with van der Waals surface area (Å²) in [6.45, 7) is 1.03. The van der Waals surface area contributed by atoms with Crippen LogP contribution in [-0.4, -0.2) is 56.7 Å². The van der Waals surface area contributed by atoms with E-state index in [9.17, 15) is 14.4 Å². The van der Waals surface area contributed by atoms with Crippen LogP contribution in [0, 0.1) is 0 Å². The van der Waals surface area contributed by atoms with Crippen LogP contribution in [0.15, 0.2) is 30.5 Å². The van der Waals surface area contributed by atoms with Gasteiger partial charge in [0, 0.05) is 30.2 Å². The number of carbonyl (C=O) groups is 3. The zero-order valence-electron chi connectivity index (χ0n) is 13.0. The monoisotopic (exact) mass is 343 g/mol. The number of benzene rings is 1. The van der Waals surface area contributed by atoms with Gasteiger partial charge in [-0.3, -0.25) is 19.3 Å². The van der Waals surface area contributed by atoms with E-state index in [1.54, 1.807) is 4.90 Å². The molecule has 2 aliphatic rings. The van der Waals surface area contributed by atoms with Crippen molar-refractivity contribution in [1.82, 2.24) is 14.8 Å². The summed E-state index contributed by atoms with van der Waals surface area (Å²) in [5.74, 6) is 0.119. The first-order valence-corrected chi connectivity index (χ1v) is 8.93. The maximum atomic E-state index is 12.6. The molecule has 2 saturated heterocycles. The van der Waals surface area contributed by atoms with Crippen molar-refractivity contribution in [2.24, 2.45) is 0 Å². The number of nitrogens with one attached hydrogen (secondary N) is 1. The average Bonchev–Trinajstić information content (AvgIpc) is 3.28. The van der Waals surface area contributed by atoms with Gasteiger partial charge in [-0.05, 0) is 18.1 Å². The number of aromatic amines is 1. The summed E-state index contributed by atoms with van der Waals surface area (Å²) in [6.07, 6.45) is 2.87. The lowest BCUT2D eigenvalue weighted by atomic mass is 10.1. The predicted molar refractivity (Wildman–Crippen MR) is 91.7 cm³/mol. The highest BCUT2D eigenvalue weighted by atomic mass is 32.2. The molecule has 0 unspecified atom stereocenters. The minimum Gasteiger partial charge on any atom is -0.361 e. The molecular weight excluding hydrogens is 326 g/mol. The minimum atomic E-state index is -0.184. The first-order valence-electron chi connectivity index (χ1n) is 7.95. The van der Waals surface area contributed by atoms with Gasteiger partial charge < -0.3 is 9.88 Å². The molecule has 2 aromatic rings. The number of hydrogen-bond acceptors (Lipinski definition) is 4. The van der Waals surface area contributed by atoms with Crippen molar-refractivity contribution in [3.8, 4) is 0 Å². The van der Waals surface area contributed by atoms with Crippen LogP contribution in [0.1, 0.15) is 12.0 Å². The molecule has 0 bridgehead atoms. The third-order valence-corrected chi connectivity index (χ3v) is 5.52. The number of H-pyrrole nitrogens is 1. The molecular formula is C17H17N3O3S. The van der Waals surface area contributed by atoms with Crippen molar-refractivity contribution in [3.05, 3.63) is 36.0 Å². The molecule has 3 heterocycles. The van der Waals surface area contributed by atoms with Gasteiger partial charge in [0.2, 0.25) is 11.8 Å². The molecule has 1 aromatic carbocycles. The number of aromatic nitrogens is 1. The number of rotatable bonds is 3. The molecule has 6 nitrogen and oxygen atoms in total. The van der Waals surface area contributed by atoms with E-state index in [1.807, 2.05) is 30.5 Å². The Morgan fingerprint density at radius 3 is 2.92 bits per heavy atom. The quantitative estimate of drug-likeness (QED) is 0.925. The van der Waals surface area contributed by atoms with E-state index < -0.39 is 0 Å². The fourth-order valence-corrected chi connectivity index (χ4v) is 4.22. The molecule has 124 valence electrons. The summed E-state index contributed by atoms with van der Waals surface area (Å²) < 4.78 is 0. The normalized spacial score (nSPS) is 21.2. The lowest BCUT2D eigenvalue weighted by molar-refractivity contribution is -0.131. The second-order valence-electron chi connectivity index (χ2n) is 6.14. The number of carbonyl (C=O) groups excluding carboxylic acids is 3. The topological polar surface area (TPSA) is 73.5 Å². The number of imide groups is 1. The van der Waals surface area contributed by atoms with Gasteiger partial charge in [0.25, 0.3) is 5.24 Å². The van der Waals surface area contributed by atoms with Gasteiger partial charge in [0.1, 0.15) is 0 Å². The van der Waals surface area contributed by atoms with Gasteiger partial charge in [0.05, 0.1) is 18.2 Å². The Balaban J connectivity index is 1.44. The Hall–Kier alpha value is -2.28. The molecule has 7 heteroatoms. The van der Waals surface area contributed by atoms with Crippen molar-refractivity contribution in [1.29, 1.82) is 0 Å². The maximum Gasteiger partial charge on any atom is 0.289 e. The minimum absolute atomic E-state index is 0.0361. The highest BCUT2D eigenvalue weighted by molar-refractivity contribution is 8.14. The Labute approximate surface area is 143 Å².